The average Bonchev–Trinajstić information content (AvgIpc) is 3.67. The maximum Gasteiger partial charge on any atom is 0.248 e. The summed E-state index contributed by atoms with van der Waals surface area (Å²) in [6.07, 6.45) is 0.350. The summed E-state index contributed by atoms with van der Waals surface area (Å²) in [4.78, 5) is 33.8. The van der Waals surface area contributed by atoms with Gasteiger partial charge in [-0.2, -0.15) is 9.82 Å². The molecular weight excluding hydrogens is 604 g/mol. The second-order valence-electron chi connectivity index (χ2n) is 13.4. The highest BCUT2D eigenvalue weighted by Gasteiger charge is 2.46. The van der Waals surface area contributed by atoms with E-state index in [0.717, 1.165) is 21.7 Å². The topological polar surface area (TPSA) is 156 Å². The summed E-state index contributed by atoms with van der Waals surface area (Å²) >= 11 is 1.56. The number of fused-ring (bicyclic) bond motifs is 1. The van der Waals surface area contributed by atoms with Crippen molar-refractivity contribution in [3.63, 3.8) is 0 Å². The Labute approximate surface area is 261 Å². The molecule has 44 heavy (non-hydrogen) atoms. The molecule has 0 bridgehead atoms. The van der Waals surface area contributed by atoms with Crippen LogP contribution in [0.5, 0.6) is 5.88 Å². The largest absolute Gasteiger partial charge is 0.476 e. The zero-order chi connectivity index (χ0) is 32.0. The fourth-order valence-electron chi connectivity index (χ4n) is 5.46. The van der Waals surface area contributed by atoms with E-state index in [9.17, 15) is 23.1 Å². The molecule has 3 atom stereocenters. The van der Waals surface area contributed by atoms with Gasteiger partial charge >= 0.3 is 0 Å². The van der Waals surface area contributed by atoms with E-state index < -0.39 is 45.4 Å². The van der Waals surface area contributed by atoms with Crippen LogP contribution in [-0.2, 0) is 32.7 Å². The van der Waals surface area contributed by atoms with Crippen molar-refractivity contribution < 1.29 is 27.9 Å². The van der Waals surface area contributed by atoms with E-state index in [1.807, 2.05) is 45.0 Å². The lowest BCUT2D eigenvalue weighted by molar-refractivity contribution is -0.141. The monoisotopic (exact) mass is 644 g/mol. The van der Waals surface area contributed by atoms with Gasteiger partial charge in [0.15, 0.2) is 4.90 Å². The number of thiazole rings is 1. The highest BCUT2D eigenvalue weighted by atomic mass is 32.2. The Balaban J connectivity index is 1.30. The minimum absolute atomic E-state index is 0.0469. The van der Waals surface area contributed by atoms with Crippen LogP contribution in [0.15, 0.2) is 40.9 Å². The number of aliphatic hydroxyl groups is 1. The highest BCUT2D eigenvalue weighted by Crippen LogP contribution is 2.34. The van der Waals surface area contributed by atoms with Gasteiger partial charge in [0.05, 0.1) is 41.5 Å². The molecule has 2 amide bonds. The predicted octanol–water partition coefficient (Wildman–Crippen LogP) is 2.70. The molecule has 238 valence electrons. The number of carbonyl (C=O) groups excluding carboxylic acids is 2. The zero-order valence-electron chi connectivity index (χ0n) is 25.8. The summed E-state index contributed by atoms with van der Waals surface area (Å²) in [5.41, 5.74) is 3.59. The van der Waals surface area contributed by atoms with Crippen LogP contribution in [0.3, 0.4) is 0 Å². The molecule has 0 saturated carbocycles. The number of hydrogen-bond donors (Lipinski definition) is 3. The number of rotatable bonds is 8. The third-order valence-corrected chi connectivity index (χ3v) is 10.3. The van der Waals surface area contributed by atoms with Crippen molar-refractivity contribution in [3.05, 3.63) is 47.2 Å². The SMILES string of the molecule is Cc1ncsc1-c1ccc(CNC(=O)[C@@H]2C[C@@H](O)CN2C(=O)[C@H](NS(=O)(=O)c2cnn3c2OCC(C)(C)C3)C(C)(C)C)cc1. The van der Waals surface area contributed by atoms with Gasteiger partial charge in [0, 0.05) is 24.9 Å². The lowest BCUT2D eigenvalue weighted by Gasteiger charge is -2.35. The minimum Gasteiger partial charge on any atom is -0.476 e. The van der Waals surface area contributed by atoms with Gasteiger partial charge in [0.25, 0.3) is 0 Å². The summed E-state index contributed by atoms with van der Waals surface area (Å²) in [6, 6.07) is 5.60. The van der Waals surface area contributed by atoms with E-state index in [-0.39, 0.29) is 35.7 Å². The molecule has 14 heteroatoms. The summed E-state index contributed by atoms with van der Waals surface area (Å²) in [6.45, 7) is 12.1. The van der Waals surface area contributed by atoms with E-state index in [4.69, 9.17) is 4.74 Å². The number of aryl methyl sites for hydroxylation is 1. The lowest BCUT2D eigenvalue weighted by Crippen LogP contribution is -2.57. The number of β-amino-alcohol motifs (C(OH)–C–C–N with tert-alkyl or cyclic N) is 1. The Bertz CT molecular complexity index is 1640. The number of ether oxygens (including phenoxy) is 1. The number of nitrogens with one attached hydrogen (secondary N) is 2. The van der Waals surface area contributed by atoms with Crippen LogP contribution < -0.4 is 14.8 Å². The highest BCUT2D eigenvalue weighted by molar-refractivity contribution is 7.89. The predicted molar refractivity (Wildman–Crippen MR) is 165 cm³/mol. The summed E-state index contributed by atoms with van der Waals surface area (Å²) in [5.74, 6) is -0.888. The Morgan fingerprint density at radius 3 is 2.57 bits per heavy atom. The van der Waals surface area contributed by atoms with Gasteiger partial charge in [-0.05, 0) is 23.5 Å². The molecule has 3 N–H and O–H groups in total. The van der Waals surface area contributed by atoms with Crippen LogP contribution in [0.2, 0.25) is 0 Å². The molecule has 2 aliphatic heterocycles. The summed E-state index contributed by atoms with van der Waals surface area (Å²) in [5, 5.41) is 17.6. The molecule has 1 aromatic carbocycles. The first-order chi connectivity index (χ1) is 20.6. The number of carbonyl (C=O) groups is 2. The number of amides is 2. The maximum absolute atomic E-state index is 14.0. The molecule has 2 aromatic heterocycles. The van der Waals surface area contributed by atoms with Crippen LogP contribution in [0.1, 0.15) is 52.3 Å². The molecule has 5 rings (SSSR count). The Hall–Kier alpha value is -3.33. The van der Waals surface area contributed by atoms with E-state index in [1.54, 1.807) is 37.6 Å². The molecule has 2 aliphatic rings. The third kappa shape index (κ3) is 6.67. The van der Waals surface area contributed by atoms with Gasteiger partial charge in [0.2, 0.25) is 27.7 Å². The van der Waals surface area contributed by atoms with Crippen molar-refractivity contribution in [2.24, 2.45) is 10.8 Å². The van der Waals surface area contributed by atoms with Gasteiger partial charge in [0.1, 0.15) is 12.1 Å². The van der Waals surface area contributed by atoms with Gasteiger partial charge in [-0.1, -0.05) is 58.9 Å². The number of nitrogens with zero attached hydrogens (tertiary/aromatic N) is 4. The number of hydrogen-bond acceptors (Lipinski definition) is 9. The van der Waals surface area contributed by atoms with Crippen LogP contribution in [0.25, 0.3) is 10.4 Å². The van der Waals surface area contributed by atoms with Crippen molar-refractivity contribution in [2.75, 3.05) is 13.2 Å². The molecule has 0 aliphatic carbocycles. The fourth-order valence-corrected chi connectivity index (χ4v) is 7.75. The van der Waals surface area contributed by atoms with E-state index in [0.29, 0.717) is 13.2 Å². The third-order valence-electron chi connectivity index (χ3n) is 7.91. The molecule has 1 saturated heterocycles. The Morgan fingerprint density at radius 2 is 1.93 bits per heavy atom. The summed E-state index contributed by atoms with van der Waals surface area (Å²) in [7, 11) is -4.24. The summed E-state index contributed by atoms with van der Waals surface area (Å²) < 4.78 is 37.1. The van der Waals surface area contributed by atoms with Crippen molar-refractivity contribution >= 4 is 33.2 Å². The van der Waals surface area contributed by atoms with Crippen LogP contribution in [0, 0.1) is 17.8 Å². The fraction of sp³-hybridized carbons (Fsp3) is 0.533. The van der Waals surface area contributed by atoms with Crippen LogP contribution >= 0.6 is 11.3 Å². The molecular formula is C30H40N6O6S2. The Morgan fingerprint density at radius 1 is 1.23 bits per heavy atom. The maximum atomic E-state index is 14.0. The minimum atomic E-state index is -4.24. The van der Waals surface area contributed by atoms with Crippen molar-refractivity contribution in [3.8, 4) is 16.3 Å². The number of benzene rings is 1. The Kier molecular flexibility index (Phi) is 8.66. The molecule has 4 heterocycles. The number of aromatic nitrogens is 3. The van der Waals surface area contributed by atoms with Gasteiger partial charge in [-0.25, -0.2) is 18.1 Å². The normalized spacial score (nSPS) is 20.6. The number of aliphatic hydroxyl groups excluding tert-OH is 1. The molecule has 0 radical (unpaired) electrons. The van der Waals surface area contributed by atoms with Crippen molar-refractivity contribution in [1.29, 1.82) is 0 Å². The van der Waals surface area contributed by atoms with E-state index >= 15 is 0 Å². The van der Waals surface area contributed by atoms with Gasteiger partial charge in [-0.15, -0.1) is 11.3 Å². The first kappa shape index (κ1) is 32.1. The van der Waals surface area contributed by atoms with Crippen LogP contribution in [0.4, 0.5) is 0 Å². The standard InChI is InChI=1S/C30H40N6O6S2/c1-18-24(43-17-32-18)20-9-7-19(8-10-20)12-31-26(38)22-11-21(37)14-35(22)27(39)25(29(2,3)4)34-44(40,41)23-13-33-36-15-30(5,6)16-42-28(23)36/h7-10,13,17,21-22,25,34,37H,11-12,14-16H2,1-6H3,(H,31,38)/t21-,22+,25+/m1/s1. The molecule has 12 nitrogen and oxygen atoms in total. The van der Waals surface area contributed by atoms with E-state index in [2.05, 4.69) is 20.1 Å². The number of sulfonamides is 1. The quantitative estimate of drug-likeness (QED) is 0.338. The first-order valence-corrected chi connectivity index (χ1v) is 16.9. The zero-order valence-corrected chi connectivity index (χ0v) is 27.5. The second-order valence-corrected chi connectivity index (χ2v) is 16.0. The van der Waals surface area contributed by atoms with Gasteiger partial charge < -0.3 is 20.1 Å². The molecule has 1 fully saturated rings. The van der Waals surface area contributed by atoms with Crippen molar-refractivity contribution in [1.82, 2.24) is 29.7 Å². The van der Waals surface area contributed by atoms with Gasteiger partial charge in [-0.3, -0.25) is 9.59 Å². The second kappa shape index (κ2) is 11.9. The lowest BCUT2D eigenvalue weighted by atomic mass is 9.86. The molecule has 3 aromatic rings. The van der Waals surface area contributed by atoms with E-state index in [1.165, 1.54) is 15.8 Å². The van der Waals surface area contributed by atoms with Crippen LogP contribution in [-0.4, -0.2) is 76.3 Å². The molecule has 0 spiro atoms. The smallest absolute Gasteiger partial charge is 0.248 e. The van der Waals surface area contributed by atoms with Crippen molar-refractivity contribution in [2.45, 2.75) is 84.1 Å². The average molecular weight is 645 g/mol. The first-order valence-electron chi connectivity index (χ1n) is 14.5. The number of likely N-dealkylation sites (tertiary alicyclic amines) is 1. The molecule has 0 unspecified atom stereocenters.